The van der Waals surface area contributed by atoms with Gasteiger partial charge in [-0.05, 0) is 6.92 Å². The van der Waals surface area contributed by atoms with E-state index in [4.69, 9.17) is 0 Å². The topological polar surface area (TPSA) is 112 Å². The summed E-state index contributed by atoms with van der Waals surface area (Å²) >= 11 is 0. The van der Waals surface area contributed by atoms with Crippen molar-refractivity contribution >= 4 is 11.7 Å². The van der Waals surface area contributed by atoms with Gasteiger partial charge < -0.3 is 14.6 Å². The monoisotopic (exact) mass is 310 g/mol. The summed E-state index contributed by atoms with van der Waals surface area (Å²) in [7, 11) is 0. The Hall–Kier alpha value is -2.59. The second kappa shape index (κ2) is 6.24. The number of carbonyl (C=O) groups excluding carboxylic acids is 1. The second-order valence-corrected chi connectivity index (χ2v) is 3.55. The molecule has 0 saturated carbocycles. The summed E-state index contributed by atoms with van der Waals surface area (Å²) in [5.41, 5.74) is -1.82. The van der Waals surface area contributed by atoms with Gasteiger partial charge >= 0.3 is 18.0 Å². The second-order valence-electron chi connectivity index (χ2n) is 3.55. The lowest BCUT2D eigenvalue weighted by Crippen LogP contribution is -2.18. The Kier molecular flexibility index (Phi) is 4.89. The van der Waals surface area contributed by atoms with Gasteiger partial charge in [-0.25, -0.2) is 0 Å². The molecule has 0 spiro atoms. The first-order valence-electron chi connectivity index (χ1n) is 5.42. The molecule has 1 rings (SSSR count). The van der Waals surface area contributed by atoms with Crippen LogP contribution < -0.4 is 4.74 Å². The van der Waals surface area contributed by atoms with Crippen molar-refractivity contribution < 1.29 is 37.5 Å². The molecule has 0 saturated heterocycles. The molecule has 11 heteroatoms. The largest absolute Gasteiger partial charge is 0.573 e. The number of rotatable bonds is 5. The number of hydrogen-bond acceptors (Lipinski definition) is 7. The van der Waals surface area contributed by atoms with Crippen LogP contribution in [0.3, 0.4) is 0 Å². The van der Waals surface area contributed by atoms with Crippen LogP contribution in [0.15, 0.2) is 6.20 Å². The molecule has 0 atom stereocenters. The Morgan fingerprint density at radius 1 is 1.52 bits per heavy atom. The summed E-state index contributed by atoms with van der Waals surface area (Å²) in [6.07, 6.45) is -5.42. The van der Waals surface area contributed by atoms with Crippen molar-refractivity contribution in [1.82, 2.24) is 4.98 Å². The molecule has 0 radical (unpaired) electrons. The van der Waals surface area contributed by atoms with Crippen LogP contribution in [0.1, 0.15) is 12.6 Å². The number of halogens is 3. The number of aromatic nitrogens is 1. The van der Waals surface area contributed by atoms with Crippen LogP contribution in [-0.2, 0) is 16.0 Å². The Balaban J connectivity index is 3.20. The minimum Gasteiger partial charge on any atom is -0.501 e. The Bertz CT molecular complexity index is 560. The number of hydrogen-bond donors (Lipinski definition) is 1. The van der Waals surface area contributed by atoms with E-state index in [0.29, 0.717) is 6.20 Å². The molecule has 0 aliphatic heterocycles. The maximum atomic E-state index is 12.1. The van der Waals surface area contributed by atoms with Gasteiger partial charge in [0, 0.05) is 0 Å². The smallest absolute Gasteiger partial charge is 0.501 e. The summed E-state index contributed by atoms with van der Waals surface area (Å²) in [6, 6.07) is 0. The van der Waals surface area contributed by atoms with Crippen LogP contribution in [0.2, 0.25) is 0 Å². The highest BCUT2D eigenvalue weighted by Gasteiger charge is 2.37. The van der Waals surface area contributed by atoms with E-state index in [9.17, 15) is 33.2 Å². The zero-order valence-electron chi connectivity index (χ0n) is 10.5. The van der Waals surface area contributed by atoms with E-state index >= 15 is 0 Å². The van der Waals surface area contributed by atoms with Gasteiger partial charge in [-0.3, -0.25) is 19.9 Å². The number of nitro groups is 1. The van der Waals surface area contributed by atoms with E-state index in [1.54, 1.807) is 0 Å². The summed E-state index contributed by atoms with van der Waals surface area (Å²) in [6.45, 7) is 1.53. The summed E-state index contributed by atoms with van der Waals surface area (Å²) < 4.78 is 44.2. The number of nitrogens with zero attached hydrogens (tertiary/aromatic N) is 2. The average Bonchev–Trinajstić information content (AvgIpc) is 2.30. The highest BCUT2D eigenvalue weighted by Crippen LogP contribution is 2.39. The third-order valence-electron chi connectivity index (χ3n) is 2.09. The van der Waals surface area contributed by atoms with Gasteiger partial charge in [0.1, 0.15) is 5.69 Å². The molecule has 0 aliphatic carbocycles. The number of pyridine rings is 1. The van der Waals surface area contributed by atoms with E-state index in [-0.39, 0.29) is 6.61 Å². The van der Waals surface area contributed by atoms with Gasteiger partial charge in [0.25, 0.3) is 0 Å². The third-order valence-corrected chi connectivity index (χ3v) is 2.09. The van der Waals surface area contributed by atoms with Crippen molar-refractivity contribution in [2.75, 3.05) is 6.61 Å². The van der Waals surface area contributed by atoms with E-state index in [1.807, 2.05) is 0 Å². The van der Waals surface area contributed by atoms with Crippen molar-refractivity contribution in [2.45, 2.75) is 19.7 Å². The van der Waals surface area contributed by atoms with Crippen LogP contribution in [-0.4, -0.2) is 34.0 Å². The quantitative estimate of drug-likeness (QED) is 0.500. The van der Waals surface area contributed by atoms with Crippen LogP contribution in [0, 0.1) is 10.1 Å². The summed E-state index contributed by atoms with van der Waals surface area (Å²) in [5.74, 6) is -3.31. The zero-order chi connectivity index (χ0) is 16.2. The summed E-state index contributed by atoms with van der Waals surface area (Å²) in [5, 5.41) is 20.3. The highest BCUT2D eigenvalue weighted by molar-refractivity contribution is 5.74. The van der Waals surface area contributed by atoms with E-state index in [0.717, 1.165) is 0 Å². The first-order valence-corrected chi connectivity index (χ1v) is 5.42. The predicted octanol–water partition coefficient (Wildman–Crippen LogP) is 1.70. The third kappa shape index (κ3) is 4.47. The minimum atomic E-state index is -5.19. The van der Waals surface area contributed by atoms with Crippen molar-refractivity contribution in [3.8, 4) is 11.5 Å². The fourth-order valence-corrected chi connectivity index (χ4v) is 1.37. The van der Waals surface area contributed by atoms with Gasteiger partial charge in [-0.15, -0.1) is 13.2 Å². The fourth-order valence-electron chi connectivity index (χ4n) is 1.37. The minimum absolute atomic E-state index is 0.0248. The number of alkyl halides is 3. The molecule has 8 nitrogen and oxygen atoms in total. The molecule has 1 N–H and O–H groups in total. The van der Waals surface area contributed by atoms with E-state index in [2.05, 4.69) is 14.5 Å². The molecule has 1 heterocycles. The van der Waals surface area contributed by atoms with E-state index in [1.165, 1.54) is 6.92 Å². The van der Waals surface area contributed by atoms with Crippen LogP contribution in [0.25, 0.3) is 0 Å². The SMILES string of the molecule is CCOC(=O)Cc1ncc(OC(F)(F)F)c([N+](=O)[O-])c1O. The molecule has 0 amide bonds. The molecule has 1 aromatic rings. The maximum absolute atomic E-state index is 12.1. The van der Waals surface area contributed by atoms with Gasteiger partial charge in [0.15, 0.2) is 0 Å². The maximum Gasteiger partial charge on any atom is 0.573 e. The molecular formula is C10H9F3N2O6. The first-order chi connectivity index (χ1) is 9.65. The van der Waals surface area contributed by atoms with Crippen molar-refractivity contribution in [3.05, 3.63) is 22.0 Å². The molecule has 1 aromatic heterocycles. The molecule has 0 aliphatic rings. The first kappa shape index (κ1) is 16.5. The van der Waals surface area contributed by atoms with Crippen molar-refractivity contribution in [2.24, 2.45) is 0 Å². The Morgan fingerprint density at radius 2 is 2.14 bits per heavy atom. The molecular weight excluding hydrogens is 301 g/mol. The number of aromatic hydroxyl groups is 1. The average molecular weight is 310 g/mol. The molecule has 21 heavy (non-hydrogen) atoms. The van der Waals surface area contributed by atoms with Gasteiger partial charge in [-0.2, -0.15) is 0 Å². The van der Waals surface area contributed by atoms with Crippen molar-refractivity contribution in [3.63, 3.8) is 0 Å². The van der Waals surface area contributed by atoms with Crippen LogP contribution >= 0.6 is 0 Å². The lowest BCUT2D eigenvalue weighted by molar-refractivity contribution is -0.389. The molecule has 0 unspecified atom stereocenters. The summed E-state index contributed by atoms with van der Waals surface area (Å²) in [4.78, 5) is 24.0. The zero-order valence-corrected chi connectivity index (χ0v) is 10.5. The van der Waals surface area contributed by atoms with Gasteiger partial charge in [0.2, 0.25) is 11.5 Å². The predicted molar refractivity (Wildman–Crippen MR) is 59.6 cm³/mol. The normalized spacial score (nSPS) is 11.0. The molecule has 0 aromatic carbocycles. The Labute approximate surface area is 115 Å². The lowest BCUT2D eigenvalue weighted by atomic mass is 10.2. The standard InChI is InChI=1S/C10H9F3N2O6/c1-2-20-7(16)3-5-9(17)8(15(18)19)6(4-14-5)21-10(11,12)13/h4,17H,2-3H2,1H3. The van der Waals surface area contributed by atoms with Crippen molar-refractivity contribution in [1.29, 1.82) is 0 Å². The molecule has 0 bridgehead atoms. The Morgan fingerprint density at radius 3 is 2.62 bits per heavy atom. The number of carbonyl (C=O) groups is 1. The fraction of sp³-hybridized carbons (Fsp3) is 0.400. The molecule has 116 valence electrons. The highest BCUT2D eigenvalue weighted by atomic mass is 19.4. The van der Waals surface area contributed by atoms with Gasteiger partial charge in [0.05, 0.1) is 24.1 Å². The number of esters is 1. The van der Waals surface area contributed by atoms with Gasteiger partial charge in [-0.1, -0.05) is 0 Å². The molecule has 0 fully saturated rings. The lowest BCUT2D eigenvalue weighted by Gasteiger charge is -2.11. The number of ether oxygens (including phenoxy) is 2. The van der Waals surface area contributed by atoms with Crippen LogP contribution in [0.5, 0.6) is 11.5 Å². The van der Waals surface area contributed by atoms with E-state index < -0.39 is 46.6 Å². The van der Waals surface area contributed by atoms with Crippen LogP contribution in [0.4, 0.5) is 18.9 Å².